The number of primary amides is 1. The van der Waals surface area contributed by atoms with Crippen LogP contribution < -0.4 is 11.1 Å². The number of rotatable bonds is 8. The molecule has 10 nitrogen and oxygen atoms in total. The first-order valence-corrected chi connectivity index (χ1v) is 13.4. The summed E-state index contributed by atoms with van der Waals surface area (Å²) in [5.41, 5.74) is 6.96. The first-order chi connectivity index (χ1) is 18.8. The van der Waals surface area contributed by atoms with Crippen molar-refractivity contribution in [3.8, 4) is 11.3 Å². The summed E-state index contributed by atoms with van der Waals surface area (Å²) in [6.45, 7) is 0.667. The van der Waals surface area contributed by atoms with E-state index in [0.717, 1.165) is 37.8 Å². The quantitative estimate of drug-likeness (QED) is 0.414. The molecule has 2 aliphatic rings. The molecule has 1 saturated heterocycles. The molecule has 2 fully saturated rings. The van der Waals surface area contributed by atoms with E-state index in [4.69, 9.17) is 10.5 Å². The second-order valence-electron chi connectivity index (χ2n) is 10.4. The Morgan fingerprint density at radius 2 is 1.92 bits per heavy atom. The molecule has 5 rings (SSSR count). The Morgan fingerprint density at radius 3 is 2.67 bits per heavy atom. The number of carbonyl (C=O) groups excluding carboxylic acids is 3. The number of carbonyl (C=O) groups is 3. The summed E-state index contributed by atoms with van der Waals surface area (Å²) in [5.74, 6) is -2.67. The van der Waals surface area contributed by atoms with Crippen molar-refractivity contribution in [3.05, 3.63) is 53.7 Å². The van der Waals surface area contributed by atoms with Gasteiger partial charge in [0.05, 0.1) is 16.9 Å². The van der Waals surface area contributed by atoms with Gasteiger partial charge < -0.3 is 15.8 Å². The van der Waals surface area contributed by atoms with Crippen molar-refractivity contribution in [2.24, 2.45) is 24.6 Å². The molecule has 3 unspecified atom stereocenters. The zero-order chi connectivity index (χ0) is 27.5. The number of ketones is 1. The van der Waals surface area contributed by atoms with Crippen LogP contribution in [0.3, 0.4) is 0 Å². The van der Waals surface area contributed by atoms with Gasteiger partial charge >= 0.3 is 0 Å². The highest BCUT2D eigenvalue weighted by molar-refractivity contribution is 6.02. The van der Waals surface area contributed by atoms with Gasteiger partial charge in [-0.3, -0.25) is 19.1 Å². The fourth-order valence-corrected chi connectivity index (χ4v) is 5.72. The number of amides is 2. The van der Waals surface area contributed by atoms with Crippen LogP contribution in [0.15, 0.2) is 36.7 Å². The second kappa shape index (κ2) is 11.5. The lowest BCUT2D eigenvalue weighted by molar-refractivity contribution is -0.122. The lowest BCUT2D eigenvalue weighted by atomic mass is 9.75. The minimum absolute atomic E-state index is 0.00624. The van der Waals surface area contributed by atoms with Crippen molar-refractivity contribution in [2.45, 2.75) is 57.6 Å². The number of benzene rings is 1. The van der Waals surface area contributed by atoms with Crippen molar-refractivity contribution in [1.29, 1.82) is 0 Å². The molecule has 0 radical (unpaired) electrons. The average Bonchev–Trinajstić information content (AvgIpc) is 3.56. The monoisotopic (exact) mass is 536 g/mol. The fraction of sp³-hybridized carbons (Fsp3) is 0.464. The molecule has 11 heteroatoms. The molecular weight excluding hydrogens is 503 g/mol. The molecule has 3 N–H and O–H groups in total. The van der Waals surface area contributed by atoms with Crippen LogP contribution in [0.5, 0.6) is 0 Å². The van der Waals surface area contributed by atoms with Gasteiger partial charge in [0, 0.05) is 44.0 Å². The van der Waals surface area contributed by atoms with Crippen LogP contribution in [0.1, 0.15) is 78.4 Å². The van der Waals surface area contributed by atoms with Crippen LogP contribution in [0.2, 0.25) is 0 Å². The highest BCUT2D eigenvalue weighted by Crippen LogP contribution is 2.35. The molecule has 2 amide bonds. The van der Waals surface area contributed by atoms with E-state index in [1.54, 1.807) is 24.0 Å². The van der Waals surface area contributed by atoms with Crippen molar-refractivity contribution in [1.82, 2.24) is 19.6 Å². The lowest BCUT2D eigenvalue weighted by Crippen LogP contribution is -2.33. The molecule has 39 heavy (non-hydrogen) atoms. The summed E-state index contributed by atoms with van der Waals surface area (Å²) in [6, 6.07) is 6.41. The average molecular weight is 537 g/mol. The Bertz CT molecular complexity index is 1380. The number of nitrogens with two attached hydrogens (primary N) is 1. The van der Waals surface area contributed by atoms with Gasteiger partial charge in [-0.1, -0.05) is 18.9 Å². The molecule has 1 aromatic carbocycles. The summed E-state index contributed by atoms with van der Waals surface area (Å²) in [4.78, 5) is 38.1. The fourth-order valence-electron chi connectivity index (χ4n) is 5.72. The SMILES string of the molecule is Cn1cc(NC(=O)C2CCCCC2CC(=O)c2ccc(-c3ccnn3C3CCCCO3)cc2F)c(C(N)=O)n1. The van der Waals surface area contributed by atoms with Crippen molar-refractivity contribution in [3.63, 3.8) is 0 Å². The summed E-state index contributed by atoms with van der Waals surface area (Å²) >= 11 is 0. The van der Waals surface area contributed by atoms with Gasteiger partial charge in [-0.2, -0.15) is 10.2 Å². The van der Waals surface area contributed by atoms with E-state index >= 15 is 4.39 Å². The van der Waals surface area contributed by atoms with E-state index in [-0.39, 0.29) is 47.2 Å². The highest BCUT2D eigenvalue weighted by atomic mass is 19.1. The first kappa shape index (κ1) is 26.7. The minimum Gasteiger partial charge on any atom is -0.364 e. The van der Waals surface area contributed by atoms with Crippen LogP contribution in [0.25, 0.3) is 11.3 Å². The maximum Gasteiger partial charge on any atom is 0.271 e. The summed E-state index contributed by atoms with van der Waals surface area (Å²) in [7, 11) is 1.63. The first-order valence-electron chi connectivity index (χ1n) is 13.4. The zero-order valence-electron chi connectivity index (χ0n) is 21.9. The molecule has 1 saturated carbocycles. The Hall–Kier alpha value is -3.86. The van der Waals surface area contributed by atoms with Crippen molar-refractivity contribution < 1.29 is 23.5 Å². The molecule has 0 bridgehead atoms. The van der Waals surface area contributed by atoms with Gasteiger partial charge in [0.1, 0.15) is 5.82 Å². The van der Waals surface area contributed by atoms with Crippen LogP contribution >= 0.6 is 0 Å². The number of nitrogens with zero attached hydrogens (tertiary/aromatic N) is 4. The molecule has 3 atom stereocenters. The van der Waals surface area contributed by atoms with Crippen molar-refractivity contribution in [2.75, 3.05) is 11.9 Å². The molecule has 206 valence electrons. The summed E-state index contributed by atoms with van der Waals surface area (Å²) in [5, 5.41) is 11.2. The van der Waals surface area contributed by atoms with Gasteiger partial charge in [-0.05, 0) is 56.2 Å². The van der Waals surface area contributed by atoms with Crippen LogP contribution in [-0.4, -0.2) is 43.8 Å². The highest BCUT2D eigenvalue weighted by Gasteiger charge is 2.34. The standard InChI is InChI=1S/C28H33FN6O4/c1-34-16-22(26(33-34)27(30)37)32-28(38)19-7-3-2-6-17(19)15-24(36)20-10-9-18(14-21(20)29)23-11-12-31-35(23)25-8-4-5-13-39-25/h9-12,14,16-17,19,25H,2-8,13,15H2,1H3,(H2,30,37)(H,32,38). The van der Waals surface area contributed by atoms with E-state index in [1.165, 1.54) is 23.0 Å². The molecule has 0 spiro atoms. The van der Waals surface area contributed by atoms with Gasteiger partial charge in [0.15, 0.2) is 17.7 Å². The van der Waals surface area contributed by atoms with Gasteiger partial charge in [-0.15, -0.1) is 0 Å². The number of anilines is 1. The van der Waals surface area contributed by atoms with Crippen molar-refractivity contribution >= 4 is 23.3 Å². The minimum atomic E-state index is -0.741. The van der Waals surface area contributed by atoms with E-state index in [9.17, 15) is 14.4 Å². The molecular formula is C28H33FN6O4. The Labute approximate surface area is 225 Å². The molecule has 1 aliphatic carbocycles. The largest absolute Gasteiger partial charge is 0.364 e. The Morgan fingerprint density at radius 1 is 1.13 bits per heavy atom. The summed E-state index contributed by atoms with van der Waals surface area (Å²) in [6.07, 6.45) is 8.96. The number of Topliss-reactive ketones (excluding diaryl/α,β-unsaturated/α-hetero) is 1. The van der Waals surface area contributed by atoms with Crippen LogP contribution in [0, 0.1) is 17.7 Å². The second-order valence-corrected chi connectivity index (χ2v) is 10.4. The van der Waals surface area contributed by atoms with Crippen LogP contribution in [0.4, 0.5) is 10.1 Å². The number of aromatic nitrogens is 4. The molecule has 3 aromatic rings. The predicted molar refractivity (Wildman–Crippen MR) is 141 cm³/mol. The number of aryl methyl sites for hydroxylation is 1. The third-order valence-corrected chi connectivity index (χ3v) is 7.68. The summed E-state index contributed by atoms with van der Waals surface area (Å²) < 4.78 is 24.3. The predicted octanol–water partition coefficient (Wildman–Crippen LogP) is 4.24. The topological polar surface area (TPSA) is 134 Å². The van der Waals surface area contributed by atoms with E-state index in [1.807, 2.05) is 6.07 Å². The number of hydrogen-bond donors (Lipinski definition) is 2. The molecule has 1 aliphatic heterocycles. The van der Waals surface area contributed by atoms with E-state index in [0.29, 0.717) is 25.0 Å². The number of ether oxygens (including phenoxy) is 1. The Kier molecular flexibility index (Phi) is 7.87. The lowest BCUT2D eigenvalue weighted by Gasteiger charge is -2.30. The molecule has 3 heterocycles. The van der Waals surface area contributed by atoms with Crippen LogP contribution in [-0.2, 0) is 16.6 Å². The van der Waals surface area contributed by atoms with E-state index < -0.39 is 17.6 Å². The Balaban J connectivity index is 1.29. The molecule has 2 aromatic heterocycles. The maximum atomic E-state index is 15.3. The van der Waals surface area contributed by atoms with Gasteiger partial charge in [0.25, 0.3) is 5.91 Å². The third-order valence-electron chi connectivity index (χ3n) is 7.68. The third kappa shape index (κ3) is 5.78. The zero-order valence-corrected chi connectivity index (χ0v) is 21.9. The number of halogens is 1. The van der Waals surface area contributed by atoms with Gasteiger partial charge in [0.2, 0.25) is 5.91 Å². The smallest absolute Gasteiger partial charge is 0.271 e. The van der Waals surface area contributed by atoms with E-state index in [2.05, 4.69) is 15.5 Å². The normalized spacial score (nSPS) is 21.4. The number of nitrogens with one attached hydrogen (secondary N) is 1. The maximum absolute atomic E-state index is 15.3. The van der Waals surface area contributed by atoms with Gasteiger partial charge in [-0.25, -0.2) is 9.07 Å². The number of hydrogen-bond acceptors (Lipinski definition) is 6.